The summed E-state index contributed by atoms with van der Waals surface area (Å²) in [7, 11) is 0. The van der Waals surface area contributed by atoms with Gasteiger partial charge in [0.2, 0.25) is 5.88 Å². The highest BCUT2D eigenvalue weighted by atomic mass is 127. The van der Waals surface area contributed by atoms with E-state index in [-0.39, 0.29) is 29.8 Å². The molecule has 0 fully saturated rings. The minimum atomic E-state index is -0.298. The lowest BCUT2D eigenvalue weighted by molar-refractivity contribution is 0.461. The summed E-state index contributed by atoms with van der Waals surface area (Å²) in [6.45, 7) is 4.07. The highest BCUT2D eigenvalue weighted by Gasteiger charge is 2.02. The first-order valence-electron chi connectivity index (χ1n) is 8.66. The number of thiophene rings is 1. The van der Waals surface area contributed by atoms with Crippen molar-refractivity contribution in [3.8, 4) is 11.6 Å². The van der Waals surface area contributed by atoms with Crippen molar-refractivity contribution in [1.82, 2.24) is 15.6 Å². The van der Waals surface area contributed by atoms with Crippen LogP contribution in [0.1, 0.15) is 17.4 Å². The number of aromatic nitrogens is 1. The molecule has 1 aromatic carbocycles. The molecule has 0 bridgehead atoms. The lowest BCUT2D eigenvalue weighted by Crippen LogP contribution is -2.36. The van der Waals surface area contributed by atoms with Gasteiger partial charge in [-0.15, -0.1) is 35.3 Å². The van der Waals surface area contributed by atoms with E-state index in [4.69, 9.17) is 4.74 Å². The summed E-state index contributed by atoms with van der Waals surface area (Å²) < 4.78 is 18.5. The first-order valence-corrected chi connectivity index (χ1v) is 9.54. The zero-order valence-electron chi connectivity index (χ0n) is 15.4. The fourth-order valence-corrected chi connectivity index (χ4v) is 2.93. The topological polar surface area (TPSA) is 58.5 Å². The minimum absolute atomic E-state index is 0. The van der Waals surface area contributed by atoms with Crippen molar-refractivity contribution in [1.29, 1.82) is 0 Å². The third-order valence-corrected chi connectivity index (χ3v) is 4.48. The molecule has 0 atom stereocenters. The number of guanidine groups is 1. The third-order valence-electron chi connectivity index (χ3n) is 3.61. The van der Waals surface area contributed by atoms with Crippen molar-refractivity contribution in [2.24, 2.45) is 4.99 Å². The Labute approximate surface area is 185 Å². The Hall–Kier alpha value is -2.20. The van der Waals surface area contributed by atoms with Gasteiger partial charge in [0.25, 0.3) is 0 Å². The SMILES string of the molecule is CCNC(=NCc1ccc(Oc2ccc(F)cc2)nc1)NCc1cccs1.I. The number of hydrogen-bond donors (Lipinski definition) is 2. The van der Waals surface area contributed by atoms with Crippen molar-refractivity contribution in [3.63, 3.8) is 0 Å². The summed E-state index contributed by atoms with van der Waals surface area (Å²) >= 11 is 1.71. The van der Waals surface area contributed by atoms with Crippen LogP contribution in [0, 0.1) is 5.82 Å². The Morgan fingerprint density at radius 1 is 1.14 bits per heavy atom. The van der Waals surface area contributed by atoms with E-state index in [9.17, 15) is 4.39 Å². The van der Waals surface area contributed by atoms with E-state index < -0.39 is 0 Å². The summed E-state index contributed by atoms with van der Waals surface area (Å²) in [5.74, 6) is 1.46. The highest BCUT2D eigenvalue weighted by molar-refractivity contribution is 14.0. The van der Waals surface area contributed by atoms with Crippen LogP contribution in [0.5, 0.6) is 11.6 Å². The van der Waals surface area contributed by atoms with E-state index in [1.54, 1.807) is 35.7 Å². The molecule has 28 heavy (non-hydrogen) atoms. The molecule has 0 spiro atoms. The van der Waals surface area contributed by atoms with Gasteiger partial charge in [-0.05, 0) is 48.2 Å². The van der Waals surface area contributed by atoms with E-state index in [0.29, 0.717) is 18.2 Å². The zero-order chi connectivity index (χ0) is 18.9. The first-order chi connectivity index (χ1) is 13.2. The number of rotatable bonds is 7. The molecule has 148 valence electrons. The van der Waals surface area contributed by atoms with Crippen LogP contribution in [0.4, 0.5) is 4.39 Å². The Kier molecular flexibility index (Phi) is 9.15. The molecule has 5 nitrogen and oxygen atoms in total. The van der Waals surface area contributed by atoms with E-state index in [0.717, 1.165) is 24.6 Å². The van der Waals surface area contributed by atoms with Crippen LogP contribution in [0.25, 0.3) is 0 Å². The zero-order valence-corrected chi connectivity index (χ0v) is 18.5. The molecule has 8 heteroatoms. The maximum Gasteiger partial charge on any atom is 0.219 e. The van der Waals surface area contributed by atoms with Crippen LogP contribution < -0.4 is 15.4 Å². The molecule has 0 saturated heterocycles. The maximum atomic E-state index is 12.9. The summed E-state index contributed by atoms with van der Waals surface area (Å²) in [6, 6.07) is 13.7. The second-order valence-electron chi connectivity index (χ2n) is 5.69. The lowest BCUT2D eigenvalue weighted by Gasteiger charge is -2.10. The average molecular weight is 512 g/mol. The van der Waals surface area contributed by atoms with Gasteiger partial charge < -0.3 is 15.4 Å². The number of nitrogens with zero attached hydrogens (tertiary/aromatic N) is 2. The normalized spacial score (nSPS) is 10.9. The van der Waals surface area contributed by atoms with Crippen LogP contribution in [0.2, 0.25) is 0 Å². The van der Waals surface area contributed by atoms with Crippen LogP contribution in [0.15, 0.2) is 65.1 Å². The number of aliphatic imine (C=N–C) groups is 1. The van der Waals surface area contributed by atoms with Crippen molar-refractivity contribution in [3.05, 3.63) is 76.4 Å². The number of nitrogens with one attached hydrogen (secondary N) is 2. The Morgan fingerprint density at radius 2 is 1.96 bits per heavy atom. The molecule has 0 saturated carbocycles. The fraction of sp³-hybridized carbons (Fsp3) is 0.200. The molecule has 0 amide bonds. The first kappa shape index (κ1) is 22.1. The number of pyridine rings is 1. The van der Waals surface area contributed by atoms with Gasteiger partial charge in [0.1, 0.15) is 11.6 Å². The van der Waals surface area contributed by atoms with Crippen LogP contribution in [-0.2, 0) is 13.1 Å². The van der Waals surface area contributed by atoms with Crippen molar-refractivity contribution < 1.29 is 9.13 Å². The van der Waals surface area contributed by atoms with Crippen molar-refractivity contribution in [2.45, 2.75) is 20.0 Å². The molecule has 0 radical (unpaired) electrons. The third kappa shape index (κ3) is 7.08. The minimum Gasteiger partial charge on any atom is -0.439 e. The lowest BCUT2D eigenvalue weighted by atomic mass is 10.3. The predicted octanol–water partition coefficient (Wildman–Crippen LogP) is 4.95. The standard InChI is InChI=1S/C20H21FN4OS.HI/c1-2-22-20(25-14-18-4-3-11-27-18)24-13-15-5-10-19(23-12-15)26-17-8-6-16(21)7-9-17;/h3-12H,2,13-14H2,1H3,(H2,22,24,25);1H. The van der Waals surface area contributed by atoms with Crippen molar-refractivity contribution >= 4 is 41.3 Å². The second kappa shape index (κ2) is 11.6. The Balaban J connectivity index is 0.00000280. The van der Waals surface area contributed by atoms with Gasteiger partial charge in [-0.25, -0.2) is 14.4 Å². The fourth-order valence-electron chi connectivity index (χ4n) is 2.28. The van der Waals surface area contributed by atoms with Gasteiger partial charge in [-0.2, -0.15) is 0 Å². The molecule has 0 aliphatic heterocycles. The molecule has 2 N–H and O–H groups in total. The predicted molar refractivity (Wildman–Crippen MR) is 122 cm³/mol. The van der Waals surface area contributed by atoms with Gasteiger partial charge >= 0.3 is 0 Å². The number of ether oxygens (including phenoxy) is 1. The average Bonchev–Trinajstić information content (AvgIpc) is 3.21. The van der Waals surface area contributed by atoms with E-state index in [1.807, 2.05) is 19.1 Å². The number of benzene rings is 1. The van der Waals surface area contributed by atoms with Gasteiger partial charge in [0, 0.05) is 23.7 Å². The largest absolute Gasteiger partial charge is 0.439 e. The van der Waals surface area contributed by atoms with E-state index in [1.165, 1.54) is 17.0 Å². The molecule has 0 aliphatic carbocycles. The van der Waals surface area contributed by atoms with Crippen LogP contribution in [-0.4, -0.2) is 17.5 Å². The smallest absolute Gasteiger partial charge is 0.219 e. The van der Waals surface area contributed by atoms with Gasteiger partial charge in [0.05, 0.1) is 13.1 Å². The summed E-state index contributed by atoms with van der Waals surface area (Å²) in [5.41, 5.74) is 0.967. The second-order valence-corrected chi connectivity index (χ2v) is 6.72. The molecular weight excluding hydrogens is 490 g/mol. The quantitative estimate of drug-likeness (QED) is 0.267. The van der Waals surface area contributed by atoms with Crippen molar-refractivity contribution in [2.75, 3.05) is 6.54 Å². The molecule has 0 unspecified atom stereocenters. The highest BCUT2D eigenvalue weighted by Crippen LogP contribution is 2.19. The molecule has 2 heterocycles. The van der Waals surface area contributed by atoms with E-state index >= 15 is 0 Å². The summed E-state index contributed by atoms with van der Waals surface area (Å²) in [6.07, 6.45) is 1.73. The Bertz CT molecular complexity index is 855. The van der Waals surface area contributed by atoms with E-state index in [2.05, 4.69) is 32.1 Å². The van der Waals surface area contributed by atoms with Crippen LogP contribution in [0.3, 0.4) is 0 Å². The monoisotopic (exact) mass is 512 g/mol. The van der Waals surface area contributed by atoms with Gasteiger partial charge in [-0.1, -0.05) is 12.1 Å². The van der Waals surface area contributed by atoms with Gasteiger partial charge in [0.15, 0.2) is 5.96 Å². The van der Waals surface area contributed by atoms with Gasteiger partial charge in [-0.3, -0.25) is 0 Å². The number of halogens is 2. The molecule has 3 rings (SSSR count). The molecular formula is C20H22FIN4OS. The summed E-state index contributed by atoms with van der Waals surface area (Å²) in [5, 5.41) is 8.61. The van der Waals surface area contributed by atoms with Crippen LogP contribution >= 0.6 is 35.3 Å². The molecule has 2 aromatic heterocycles. The summed E-state index contributed by atoms with van der Waals surface area (Å²) in [4.78, 5) is 10.1. The number of hydrogen-bond acceptors (Lipinski definition) is 4. The Morgan fingerprint density at radius 3 is 2.61 bits per heavy atom. The molecule has 0 aliphatic rings. The molecule has 3 aromatic rings. The maximum absolute atomic E-state index is 12.9.